The Bertz CT molecular complexity index is 476. The fraction of sp³-hybridized carbons (Fsp3) is 0.467. The molecule has 1 atom stereocenters. The highest BCUT2D eigenvalue weighted by Gasteiger charge is 2.15. The molecule has 0 saturated heterocycles. The minimum Gasteiger partial charge on any atom is -0.459 e. The molecule has 1 rings (SSSR count). The molecule has 0 radical (unpaired) electrons. The van der Waals surface area contributed by atoms with Crippen LogP contribution in [0.3, 0.4) is 0 Å². The Morgan fingerprint density at radius 3 is 2.68 bits per heavy atom. The van der Waals surface area contributed by atoms with Gasteiger partial charge >= 0.3 is 5.97 Å². The van der Waals surface area contributed by atoms with Crippen LogP contribution in [0.5, 0.6) is 0 Å². The van der Waals surface area contributed by atoms with Gasteiger partial charge in [-0.2, -0.15) is 5.26 Å². The average molecular weight is 324 g/mol. The molecule has 1 N–H and O–H groups in total. The molecular formula is C15H21N2O4P. The maximum absolute atomic E-state index is 11.7. The third-order valence-electron chi connectivity index (χ3n) is 2.33. The number of hydrogen-bond acceptors (Lipinski definition) is 6. The lowest BCUT2D eigenvalue weighted by atomic mass is 10.2. The van der Waals surface area contributed by atoms with Crippen LogP contribution in [0.2, 0.25) is 0 Å². The van der Waals surface area contributed by atoms with E-state index >= 15 is 0 Å². The van der Waals surface area contributed by atoms with Crippen molar-refractivity contribution in [1.82, 2.24) is 5.09 Å². The largest absolute Gasteiger partial charge is 0.459 e. The van der Waals surface area contributed by atoms with Crippen molar-refractivity contribution in [3.63, 3.8) is 0 Å². The number of benzene rings is 1. The molecule has 0 amide bonds. The normalized spacial score (nSPS) is 11.9. The topological polar surface area (TPSA) is 80.6 Å². The fourth-order valence-electron chi connectivity index (χ4n) is 1.39. The Morgan fingerprint density at radius 2 is 2.05 bits per heavy atom. The number of nitriles is 1. The molecule has 0 aliphatic heterocycles. The summed E-state index contributed by atoms with van der Waals surface area (Å²) in [5.74, 6) is -0.453. The molecule has 0 bridgehead atoms. The van der Waals surface area contributed by atoms with Crippen molar-refractivity contribution in [3.05, 3.63) is 35.9 Å². The van der Waals surface area contributed by atoms with Crippen LogP contribution in [0.15, 0.2) is 30.3 Å². The van der Waals surface area contributed by atoms with E-state index in [0.717, 1.165) is 5.56 Å². The van der Waals surface area contributed by atoms with Crippen LogP contribution in [0.25, 0.3) is 0 Å². The van der Waals surface area contributed by atoms with Gasteiger partial charge in [0.15, 0.2) is 6.61 Å². The number of nitrogens with one attached hydrogen (secondary N) is 1. The number of ether oxygens (including phenoxy) is 1. The summed E-state index contributed by atoms with van der Waals surface area (Å²) in [5, 5.41) is 11.6. The molecule has 1 aromatic carbocycles. The zero-order valence-corrected chi connectivity index (χ0v) is 13.7. The first-order valence-corrected chi connectivity index (χ1v) is 8.18. The molecule has 0 aromatic heterocycles. The van der Waals surface area contributed by atoms with Crippen LogP contribution in [0.1, 0.15) is 25.8 Å². The summed E-state index contributed by atoms with van der Waals surface area (Å²) in [6.07, 6.45) is 0.278. The zero-order chi connectivity index (χ0) is 16.2. The van der Waals surface area contributed by atoms with Crippen molar-refractivity contribution in [3.8, 4) is 6.07 Å². The summed E-state index contributed by atoms with van der Waals surface area (Å²) in [7, 11) is -1.41. The molecule has 0 heterocycles. The first-order valence-electron chi connectivity index (χ1n) is 7.00. The number of esters is 1. The third-order valence-corrected chi connectivity index (χ3v) is 3.84. The lowest BCUT2D eigenvalue weighted by molar-refractivity contribution is -0.147. The molecule has 120 valence electrons. The van der Waals surface area contributed by atoms with Gasteiger partial charge in [0.1, 0.15) is 6.61 Å². The second-order valence-electron chi connectivity index (χ2n) is 4.70. The molecule has 0 aliphatic carbocycles. The van der Waals surface area contributed by atoms with E-state index in [0.29, 0.717) is 0 Å². The minimum atomic E-state index is -1.41. The summed E-state index contributed by atoms with van der Waals surface area (Å²) in [4.78, 5) is 11.7. The van der Waals surface area contributed by atoms with Gasteiger partial charge in [0.05, 0.1) is 19.1 Å². The summed E-state index contributed by atoms with van der Waals surface area (Å²) in [6.45, 7) is 4.18. The molecule has 0 saturated carbocycles. The van der Waals surface area contributed by atoms with Crippen LogP contribution >= 0.6 is 8.53 Å². The molecular weight excluding hydrogens is 303 g/mol. The Morgan fingerprint density at radius 1 is 1.32 bits per heavy atom. The molecule has 7 heteroatoms. The zero-order valence-electron chi connectivity index (χ0n) is 12.8. The van der Waals surface area contributed by atoms with E-state index in [9.17, 15) is 4.79 Å². The van der Waals surface area contributed by atoms with Gasteiger partial charge < -0.3 is 13.8 Å². The van der Waals surface area contributed by atoms with Crippen LogP contribution in [0.4, 0.5) is 0 Å². The number of hydrogen-bond donors (Lipinski definition) is 1. The van der Waals surface area contributed by atoms with Gasteiger partial charge in [-0.3, -0.25) is 0 Å². The lowest BCUT2D eigenvalue weighted by Crippen LogP contribution is -2.21. The first kappa shape index (κ1) is 18.5. The molecule has 22 heavy (non-hydrogen) atoms. The third kappa shape index (κ3) is 8.71. The van der Waals surface area contributed by atoms with Gasteiger partial charge in [0.2, 0.25) is 0 Å². The van der Waals surface area contributed by atoms with E-state index in [1.807, 2.05) is 50.2 Å². The summed E-state index contributed by atoms with van der Waals surface area (Å²) >= 11 is 0. The highest BCUT2D eigenvalue weighted by molar-refractivity contribution is 7.45. The summed E-state index contributed by atoms with van der Waals surface area (Å²) in [6, 6.07) is 11.6. The number of nitrogens with zero attached hydrogens (tertiary/aromatic N) is 1. The predicted octanol–water partition coefficient (Wildman–Crippen LogP) is 2.90. The SMILES string of the molecule is CC(C)NP(OCCC#N)OCC(=O)OCc1ccccc1. The highest BCUT2D eigenvalue weighted by atomic mass is 31.2. The molecule has 0 aliphatic rings. The van der Waals surface area contributed by atoms with Gasteiger partial charge in [0, 0.05) is 6.04 Å². The van der Waals surface area contributed by atoms with E-state index in [2.05, 4.69) is 5.09 Å². The molecule has 6 nitrogen and oxygen atoms in total. The van der Waals surface area contributed by atoms with Crippen LogP contribution < -0.4 is 5.09 Å². The van der Waals surface area contributed by atoms with Crippen LogP contribution in [0, 0.1) is 11.3 Å². The standard InChI is InChI=1S/C15H21N2O4P/c1-13(2)17-22(20-10-6-9-16)21-12-15(18)19-11-14-7-4-3-5-8-14/h3-5,7-8,13,17H,6,10-12H2,1-2H3. The Kier molecular flexibility index (Phi) is 9.36. The summed E-state index contributed by atoms with van der Waals surface area (Å²) in [5.41, 5.74) is 0.920. The van der Waals surface area contributed by atoms with Gasteiger partial charge in [-0.15, -0.1) is 0 Å². The van der Waals surface area contributed by atoms with E-state index in [1.54, 1.807) is 0 Å². The monoisotopic (exact) mass is 324 g/mol. The van der Waals surface area contributed by atoms with Crippen molar-refractivity contribution >= 4 is 14.5 Å². The summed E-state index contributed by atoms with van der Waals surface area (Å²) < 4.78 is 15.9. The Labute approximate surface area is 132 Å². The molecule has 0 fully saturated rings. The van der Waals surface area contributed by atoms with Crippen molar-refractivity contribution < 1.29 is 18.6 Å². The number of carbonyl (C=O) groups is 1. The van der Waals surface area contributed by atoms with Gasteiger partial charge in [-0.1, -0.05) is 30.3 Å². The van der Waals surface area contributed by atoms with Crippen molar-refractivity contribution in [2.24, 2.45) is 0 Å². The second-order valence-corrected chi connectivity index (χ2v) is 5.99. The predicted molar refractivity (Wildman–Crippen MR) is 83.6 cm³/mol. The Balaban J connectivity index is 2.30. The second kappa shape index (κ2) is 11.1. The van der Waals surface area contributed by atoms with E-state index in [1.165, 1.54) is 0 Å². The number of rotatable bonds is 10. The molecule has 1 aromatic rings. The average Bonchev–Trinajstić information content (AvgIpc) is 2.51. The van der Waals surface area contributed by atoms with Crippen molar-refractivity contribution in [2.45, 2.75) is 32.9 Å². The fourth-order valence-corrected chi connectivity index (χ4v) is 2.51. The van der Waals surface area contributed by atoms with Gasteiger partial charge in [-0.05, 0) is 19.4 Å². The quantitative estimate of drug-likeness (QED) is 0.405. The first-order chi connectivity index (χ1) is 10.6. The van der Waals surface area contributed by atoms with E-state index < -0.39 is 14.5 Å². The molecule has 1 unspecified atom stereocenters. The number of carbonyl (C=O) groups excluding carboxylic acids is 1. The maximum atomic E-state index is 11.7. The van der Waals surface area contributed by atoms with Crippen LogP contribution in [-0.2, 0) is 25.2 Å². The van der Waals surface area contributed by atoms with Gasteiger partial charge in [0.25, 0.3) is 8.53 Å². The minimum absolute atomic E-state index is 0.147. The maximum Gasteiger partial charge on any atom is 0.332 e. The smallest absolute Gasteiger partial charge is 0.332 e. The lowest BCUT2D eigenvalue weighted by Gasteiger charge is -2.19. The van der Waals surface area contributed by atoms with Gasteiger partial charge in [-0.25, -0.2) is 9.88 Å². The molecule has 0 spiro atoms. The van der Waals surface area contributed by atoms with E-state index in [-0.39, 0.29) is 32.3 Å². The van der Waals surface area contributed by atoms with Crippen molar-refractivity contribution in [1.29, 1.82) is 5.26 Å². The Hall–Kier alpha value is -1.51. The van der Waals surface area contributed by atoms with Crippen molar-refractivity contribution in [2.75, 3.05) is 13.2 Å². The van der Waals surface area contributed by atoms with E-state index in [4.69, 9.17) is 19.0 Å². The van der Waals surface area contributed by atoms with Crippen LogP contribution in [-0.4, -0.2) is 25.2 Å². The highest BCUT2D eigenvalue weighted by Crippen LogP contribution is 2.34.